The normalized spacial score (nSPS) is 13.8. The lowest BCUT2D eigenvalue weighted by Crippen LogP contribution is -2.46. The molecule has 11 nitrogen and oxygen atoms in total. The number of aromatic nitrogens is 5. The van der Waals surface area contributed by atoms with Crippen molar-refractivity contribution in [1.82, 2.24) is 29.0 Å². The van der Waals surface area contributed by atoms with E-state index < -0.39 is 11.8 Å². The lowest BCUT2D eigenvalue weighted by Gasteiger charge is -2.35. The van der Waals surface area contributed by atoms with Crippen molar-refractivity contribution in [3.8, 4) is 11.9 Å². The number of nitriles is 1. The van der Waals surface area contributed by atoms with Gasteiger partial charge in [0.2, 0.25) is 5.88 Å². The second-order valence-electron chi connectivity index (χ2n) is 10.2. The van der Waals surface area contributed by atoms with Gasteiger partial charge < -0.3 is 23.9 Å². The van der Waals surface area contributed by atoms with Crippen LogP contribution in [0.1, 0.15) is 39.2 Å². The Morgan fingerprint density at radius 3 is 2.72 bits per heavy atom. The van der Waals surface area contributed by atoms with Gasteiger partial charge in [0.15, 0.2) is 0 Å². The minimum atomic E-state index is -0.949. The molecule has 1 saturated heterocycles. The summed E-state index contributed by atoms with van der Waals surface area (Å²) in [6, 6.07) is 13.5. The molecule has 1 aliphatic rings. The number of hydrogen-bond donors (Lipinski definition) is 1. The van der Waals surface area contributed by atoms with Crippen LogP contribution in [0.3, 0.4) is 0 Å². The number of benzene rings is 1. The van der Waals surface area contributed by atoms with Crippen LogP contribution in [0.25, 0.3) is 10.3 Å². The summed E-state index contributed by atoms with van der Waals surface area (Å²) in [5.41, 5.74) is 2.48. The molecule has 43 heavy (non-hydrogen) atoms. The average molecular weight is 601 g/mol. The molecule has 0 unspecified atom stereocenters. The molecule has 13 heteroatoms. The predicted molar refractivity (Wildman–Crippen MR) is 159 cm³/mol. The third-order valence-electron chi connectivity index (χ3n) is 7.52. The minimum absolute atomic E-state index is 0.0128. The highest BCUT2D eigenvalue weighted by Crippen LogP contribution is 2.28. The molecule has 0 spiro atoms. The number of aromatic carboxylic acids is 1. The van der Waals surface area contributed by atoms with Crippen LogP contribution in [0, 0.1) is 17.1 Å². The first-order valence-corrected chi connectivity index (χ1v) is 14.7. The summed E-state index contributed by atoms with van der Waals surface area (Å²) in [6.07, 6.45) is 3.64. The molecule has 1 aromatic carbocycles. The summed E-state index contributed by atoms with van der Waals surface area (Å²) >= 11 is 1.19. The van der Waals surface area contributed by atoms with Crippen molar-refractivity contribution in [2.45, 2.75) is 33.2 Å². The largest absolute Gasteiger partial charge is 0.477 e. The van der Waals surface area contributed by atoms with E-state index in [1.165, 1.54) is 17.4 Å². The van der Waals surface area contributed by atoms with Gasteiger partial charge in [0, 0.05) is 50.6 Å². The van der Waals surface area contributed by atoms with E-state index in [1.807, 2.05) is 24.4 Å². The van der Waals surface area contributed by atoms with Gasteiger partial charge in [0.05, 0.1) is 42.3 Å². The van der Waals surface area contributed by atoms with Gasteiger partial charge in [-0.3, -0.25) is 4.90 Å². The topological polar surface area (TPSA) is 125 Å². The molecular formula is C30H29FN8O3S. The summed E-state index contributed by atoms with van der Waals surface area (Å²) in [6.45, 7) is 7.13. The Kier molecular flexibility index (Phi) is 8.04. The molecule has 0 saturated carbocycles. The zero-order valence-corrected chi connectivity index (χ0v) is 24.3. The van der Waals surface area contributed by atoms with Gasteiger partial charge in [-0.2, -0.15) is 10.2 Å². The maximum atomic E-state index is 14.3. The molecule has 1 aliphatic heterocycles. The van der Waals surface area contributed by atoms with E-state index in [0.29, 0.717) is 24.5 Å². The summed E-state index contributed by atoms with van der Waals surface area (Å²) in [5, 5.41) is 18.5. The maximum Gasteiger partial charge on any atom is 0.346 e. The number of pyridine rings is 1. The molecule has 4 aromatic heterocycles. The number of carboxylic acids is 1. The molecule has 220 valence electrons. The van der Waals surface area contributed by atoms with Crippen LogP contribution in [-0.2, 0) is 26.2 Å². The summed E-state index contributed by atoms with van der Waals surface area (Å²) in [4.78, 5) is 30.9. The third-order valence-corrected chi connectivity index (χ3v) is 8.53. The highest BCUT2D eigenvalue weighted by molar-refractivity contribution is 7.20. The van der Waals surface area contributed by atoms with Crippen molar-refractivity contribution in [2.24, 2.45) is 0 Å². The lowest BCUT2D eigenvalue weighted by atomic mass is 10.1. The summed E-state index contributed by atoms with van der Waals surface area (Å²) < 4.78 is 24.2. The average Bonchev–Trinajstić information content (AvgIpc) is 3.73. The molecule has 0 amide bonds. The molecule has 5 aromatic rings. The van der Waals surface area contributed by atoms with E-state index in [-0.39, 0.29) is 17.0 Å². The third kappa shape index (κ3) is 6.06. The van der Waals surface area contributed by atoms with E-state index in [4.69, 9.17) is 15.0 Å². The standard InChI is InChI=1S/C30H29FN8O3S/c1-2-37-19-33-15-22(37)16-39-24-13-25(30(40)41)43-29(24)35-27(39)17-36-8-10-38(11-9-36)26-4-3-5-28(34-26)42-18-21-7-6-20(14-32)12-23(21)31/h3-7,12-13,15,19H,2,8-11,16-18H2,1H3,(H,40,41). The van der Waals surface area contributed by atoms with Crippen LogP contribution < -0.4 is 9.64 Å². The van der Waals surface area contributed by atoms with E-state index in [2.05, 4.69) is 35.8 Å². The van der Waals surface area contributed by atoms with Crippen LogP contribution in [0.4, 0.5) is 10.2 Å². The number of nitrogens with zero attached hydrogens (tertiary/aromatic N) is 8. The number of anilines is 1. The molecule has 1 fully saturated rings. The van der Waals surface area contributed by atoms with Gasteiger partial charge in [-0.15, -0.1) is 11.3 Å². The Labute approximate surface area is 251 Å². The number of ether oxygens (including phenoxy) is 1. The molecular weight excluding hydrogens is 571 g/mol. The summed E-state index contributed by atoms with van der Waals surface area (Å²) in [7, 11) is 0. The fourth-order valence-corrected chi connectivity index (χ4v) is 6.06. The van der Waals surface area contributed by atoms with E-state index in [1.54, 1.807) is 30.6 Å². The fraction of sp³-hybridized carbons (Fsp3) is 0.300. The van der Waals surface area contributed by atoms with Gasteiger partial charge in [0.1, 0.15) is 33.8 Å². The van der Waals surface area contributed by atoms with Crippen LogP contribution >= 0.6 is 11.3 Å². The van der Waals surface area contributed by atoms with Crippen LogP contribution in [0.5, 0.6) is 5.88 Å². The van der Waals surface area contributed by atoms with Crippen molar-refractivity contribution >= 4 is 33.5 Å². The molecule has 5 heterocycles. The van der Waals surface area contributed by atoms with Crippen LogP contribution in [0.15, 0.2) is 55.0 Å². The van der Waals surface area contributed by atoms with E-state index >= 15 is 0 Å². The minimum Gasteiger partial charge on any atom is -0.477 e. The van der Waals surface area contributed by atoms with E-state index in [9.17, 15) is 14.3 Å². The molecule has 0 atom stereocenters. The zero-order valence-electron chi connectivity index (χ0n) is 23.5. The number of halogens is 1. The van der Waals surface area contributed by atoms with Crippen LogP contribution in [-0.4, -0.2) is 66.2 Å². The summed E-state index contributed by atoms with van der Waals surface area (Å²) in [5.74, 6) is 0.644. The number of piperazine rings is 1. The van der Waals surface area contributed by atoms with Crippen molar-refractivity contribution in [1.29, 1.82) is 5.26 Å². The van der Waals surface area contributed by atoms with Gasteiger partial charge >= 0.3 is 5.97 Å². The fourth-order valence-electron chi connectivity index (χ4n) is 5.17. The van der Waals surface area contributed by atoms with Gasteiger partial charge in [-0.1, -0.05) is 12.1 Å². The molecule has 0 bridgehead atoms. The molecule has 1 N–H and O–H groups in total. The van der Waals surface area contributed by atoms with Crippen molar-refractivity contribution in [2.75, 3.05) is 31.1 Å². The predicted octanol–water partition coefficient (Wildman–Crippen LogP) is 4.37. The van der Waals surface area contributed by atoms with E-state index in [0.717, 1.165) is 60.4 Å². The highest BCUT2D eigenvalue weighted by atomic mass is 32.1. The first-order chi connectivity index (χ1) is 20.9. The second kappa shape index (κ2) is 12.2. The number of carboxylic acid groups (broad SMARTS) is 1. The van der Waals surface area contributed by atoms with Gasteiger partial charge in [-0.05, 0) is 31.2 Å². The van der Waals surface area contributed by atoms with Gasteiger partial charge in [0.25, 0.3) is 0 Å². The maximum absolute atomic E-state index is 14.3. The Morgan fingerprint density at radius 2 is 1.98 bits per heavy atom. The Bertz CT molecular complexity index is 1820. The van der Waals surface area contributed by atoms with Crippen molar-refractivity contribution < 1.29 is 19.0 Å². The highest BCUT2D eigenvalue weighted by Gasteiger charge is 2.23. The number of rotatable bonds is 10. The Balaban J connectivity index is 1.12. The Morgan fingerprint density at radius 1 is 1.14 bits per heavy atom. The number of thiophene rings is 1. The number of fused-ring (bicyclic) bond motifs is 1. The monoisotopic (exact) mass is 600 g/mol. The van der Waals surface area contributed by atoms with Crippen molar-refractivity contribution in [3.63, 3.8) is 0 Å². The number of aryl methyl sites for hydroxylation is 1. The molecule has 6 rings (SSSR count). The number of imidazole rings is 2. The SMILES string of the molecule is CCn1cncc1Cn1c(CN2CCN(c3cccc(OCc4ccc(C#N)cc4F)n3)CC2)nc2sc(C(=O)O)cc21. The number of carbonyl (C=O) groups is 1. The second-order valence-corrected chi connectivity index (χ2v) is 11.2. The van der Waals surface area contributed by atoms with Crippen LogP contribution in [0.2, 0.25) is 0 Å². The smallest absolute Gasteiger partial charge is 0.346 e. The molecule has 0 aliphatic carbocycles. The van der Waals surface area contributed by atoms with Crippen molar-refractivity contribution in [3.05, 3.63) is 88.3 Å². The Hall–Kier alpha value is -4.80. The lowest BCUT2D eigenvalue weighted by molar-refractivity contribution is 0.0702. The zero-order chi connectivity index (χ0) is 29.9. The number of hydrogen-bond acceptors (Lipinski definition) is 9. The van der Waals surface area contributed by atoms with Gasteiger partial charge in [-0.25, -0.2) is 19.2 Å². The first-order valence-electron chi connectivity index (χ1n) is 13.9. The molecule has 0 radical (unpaired) electrons. The quantitative estimate of drug-likeness (QED) is 0.249. The first kappa shape index (κ1) is 28.3.